The molecule has 1 aromatic carbocycles. The van der Waals surface area contributed by atoms with Crippen molar-refractivity contribution in [3.63, 3.8) is 0 Å². The zero-order valence-electron chi connectivity index (χ0n) is 9.93. The van der Waals surface area contributed by atoms with Crippen LogP contribution in [-0.2, 0) is 11.3 Å². The lowest BCUT2D eigenvalue weighted by atomic mass is 10.2. The quantitative estimate of drug-likeness (QED) is 0.935. The maximum absolute atomic E-state index is 13.9. The monoisotopic (exact) mass is 328 g/mol. The summed E-state index contributed by atoms with van der Waals surface area (Å²) in [6.45, 7) is 1.42. The summed E-state index contributed by atoms with van der Waals surface area (Å²) < 4.78 is 15.2. The van der Waals surface area contributed by atoms with Crippen LogP contribution < -0.4 is 5.56 Å². The van der Waals surface area contributed by atoms with Crippen molar-refractivity contribution in [2.24, 2.45) is 5.92 Å². The van der Waals surface area contributed by atoms with Gasteiger partial charge in [0.15, 0.2) is 5.82 Å². The first-order valence-corrected chi connectivity index (χ1v) is 6.27. The topological polar surface area (TPSA) is 72.2 Å². The molecule has 0 saturated heterocycles. The van der Waals surface area contributed by atoms with E-state index in [1.54, 1.807) is 0 Å². The second-order valence-corrected chi connectivity index (χ2v) is 5.05. The van der Waals surface area contributed by atoms with E-state index in [1.807, 2.05) is 0 Å². The molecule has 0 radical (unpaired) electrons. The van der Waals surface area contributed by atoms with Crippen LogP contribution in [0.3, 0.4) is 0 Å². The summed E-state index contributed by atoms with van der Waals surface area (Å²) >= 11 is 3.00. The van der Waals surface area contributed by atoms with Crippen LogP contribution in [0.4, 0.5) is 4.39 Å². The minimum atomic E-state index is -1.03. The Bertz CT molecular complexity index is 714. The Kier molecular flexibility index (Phi) is 3.66. The van der Waals surface area contributed by atoms with Gasteiger partial charge < -0.3 is 5.11 Å². The maximum atomic E-state index is 13.9. The van der Waals surface area contributed by atoms with E-state index in [0.717, 1.165) is 4.57 Å². The molecule has 0 spiro atoms. The van der Waals surface area contributed by atoms with Crippen LogP contribution in [0, 0.1) is 11.7 Å². The third-order valence-corrected chi connectivity index (χ3v) is 3.39. The predicted molar refractivity (Wildman–Crippen MR) is 70.5 cm³/mol. The molecule has 2 aromatic rings. The van der Waals surface area contributed by atoms with Crippen molar-refractivity contribution in [2.45, 2.75) is 13.5 Å². The molecule has 19 heavy (non-hydrogen) atoms. The van der Waals surface area contributed by atoms with Crippen molar-refractivity contribution in [1.29, 1.82) is 0 Å². The van der Waals surface area contributed by atoms with Crippen molar-refractivity contribution in [2.75, 3.05) is 0 Å². The maximum Gasteiger partial charge on any atom is 0.308 e. The van der Waals surface area contributed by atoms with Gasteiger partial charge in [0.2, 0.25) is 0 Å². The molecule has 0 aliphatic heterocycles. The highest BCUT2D eigenvalue weighted by molar-refractivity contribution is 9.10. The summed E-state index contributed by atoms with van der Waals surface area (Å²) in [5, 5.41) is 8.68. The lowest BCUT2D eigenvalue weighted by Gasteiger charge is -2.10. The molecule has 0 amide bonds. The number of benzene rings is 1. The van der Waals surface area contributed by atoms with Gasteiger partial charge in [-0.1, -0.05) is 6.92 Å². The number of carboxylic acids is 1. The lowest BCUT2D eigenvalue weighted by Crippen LogP contribution is -2.27. The number of fused-ring (bicyclic) bond motifs is 1. The van der Waals surface area contributed by atoms with Gasteiger partial charge in [-0.05, 0) is 28.1 Å². The van der Waals surface area contributed by atoms with Gasteiger partial charge in [0.1, 0.15) is 5.39 Å². The largest absolute Gasteiger partial charge is 0.481 e. The van der Waals surface area contributed by atoms with E-state index in [0.29, 0.717) is 0 Å². The Balaban J connectivity index is 2.60. The van der Waals surface area contributed by atoms with Crippen LogP contribution >= 0.6 is 15.9 Å². The average molecular weight is 329 g/mol. The highest BCUT2D eigenvalue weighted by Crippen LogP contribution is 2.21. The molecule has 7 heteroatoms. The molecular weight excluding hydrogens is 319 g/mol. The van der Waals surface area contributed by atoms with E-state index in [2.05, 4.69) is 20.9 Å². The molecule has 1 N–H and O–H groups in total. The van der Waals surface area contributed by atoms with Gasteiger partial charge in [-0.15, -0.1) is 0 Å². The smallest absolute Gasteiger partial charge is 0.308 e. The molecule has 0 saturated carbocycles. The van der Waals surface area contributed by atoms with Crippen LogP contribution in [0.25, 0.3) is 10.9 Å². The molecule has 0 aliphatic carbocycles. The fraction of sp³-hybridized carbons (Fsp3) is 0.250. The highest BCUT2D eigenvalue weighted by atomic mass is 79.9. The minimum Gasteiger partial charge on any atom is -0.481 e. The molecule has 0 fully saturated rings. The average Bonchev–Trinajstić information content (AvgIpc) is 2.36. The van der Waals surface area contributed by atoms with E-state index >= 15 is 0 Å². The van der Waals surface area contributed by atoms with Gasteiger partial charge in [-0.25, -0.2) is 9.37 Å². The van der Waals surface area contributed by atoms with Gasteiger partial charge in [0.25, 0.3) is 5.56 Å². The molecule has 1 unspecified atom stereocenters. The zero-order chi connectivity index (χ0) is 14.2. The standard InChI is InChI=1S/C12H10BrFN2O3/c1-6(12(18)19)4-16-5-15-8-3-2-7(13)10(14)9(8)11(16)17/h2-3,5-6H,4H2,1H3,(H,18,19). The molecule has 0 bridgehead atoms. The fourth-order valence-corrected chi connectivity index (χ4v) is 2.01. The van der Waals surface area contributed by atoms with E-state index < -0.39 is 23.3 Å². The van der Waals surface area contributed by atoms with E-state index in [4.69, 9.17) is 5.11 Å². The number of nitrogens with zero attached hydrogens (tertiary/aromatic N) is 2. The molecule has 0 aliphatic rings. The van der Waals surface area contributed by atoms with Gasteiger partial charge in [0.05, 0.1) is 22.2 Å². The first-order chi connectivity index (χ1) is 8.91. The number of hydrogen-bond acceptors (Lipinski definition) is 3. The third kappa shape index (κ3) is 2.51. The highest BCUT2D eigenvalue weighted by Gasteiger charge is 2.16. The Morgan fingerprint density at radius 2 is 2.26 bits per heavy atom. The van der Waals surface area contributed by atoms with Crippen molar-refractivity contribution in [3.8, 4) is 0 Å². The molecule has 1 aromatic heterocycles. The van der Waals surface area contributed by atoms with Gasteiger partial charge >= 0.3 is 5.97 Å². The van der Waals surface area contributed by atoms with E-state index in [-0.39, 0.29) is 21.9 Å². The molecule has 100 valence electrons. The Morgan fingerprint density at radius 3 is 2.89 bits per heavy atom. The lowest BCUT2D eigenvalue weighted by molar-refractivity contribution is -0.141. The Morgan fingerprint density at radius 1 is 1.58 bits per heavy atom. The summed E-state index contributed by atoms with van der Waals surface area (Å²) in [7, 11) is 0. The second-order valence-electron chi connectivity index (χ2n) is 4.20. The summed E-state index contributed by atoms with van der Waals surface area (Å²) in [6.07, 6.45) is 1.23. The molecule has 5 nitrogen and oxygen atoms in total. The number of aromatic nitrogens is 2. The van der Waals surface area contributed by atoms with E-state index in [1.165, 1.54) is 25.4 Å². The SMILES string of the molecule is CC(Cn1cnc2ccc(Br)c(F)c2c1=O)C(=O)O. The van der Waals surface area contributed by atoms with E-state index in [9.17, 15) is 14.0 Å². The van der Waals surface area contributed by atoms with Gasteiger partial charge in [-0.3, -0.25) is 14.2 Å². The minimum absolute atomic E-state index is 0.0525. The van der Waals surface area contributed by atoms with Gasteiger partial charge in [-0.2, -0.15) is 0 Å². The number of hydrogen-bond donors (Lipinski definition) is 1. The Labute approximate surface area is 115 Å². The van der Waals surface area contributed by atoms with Crippen molar-refractivity contribution >= 4 is 32.8 Å². The summed E-state index contributed by atoms with van der Waals surface area (Å²) in [4.78, 5) is 26.9. The summed E-state index contributed by atoms with van der Waals surface area (Å²) in [5.41, 5.74) is -0.346. The van der Waals surface area contributed by atoms with Crippen LogP contribution in [-0.4, -0.2) is 20.6 Å². The number of carbonyl (C=O) groups is 1. The molecule has 2 rings (SSSR count). The zero-order valence-corrected chi connectivity index (χ0v) is 11.5. The fourth-order valence-electron chi connectivity index (χ4n) is 1.68. The van der Waals surface area contributed by atoms with Crippen molar-refractivity contribution in [3.05, 3.63) is 39.1 Å². The first-order valence-electron chi connectivity index (χ1n) is 5.47. The van der Waals surface area contributed by atoms with Gasteiger partial charge in [0, 0.05) is 6.54 Å². The first kappa shape index (κ1) is 13.7. The van der Waals surface area contributed by atoms with Crippen LogP contribution in [0.15, 0.2) is 27.7 Å². The molecule has 1 atom stereocenters. The predicted octanol–water partition coefficient (Wildman–Crippen LogP) is 2.02. The van der Waals surface area contributed by atoms with Crippen LogP contribution in [0.5, 0.6) is 0 Å². The molecular formula is C12H10BrFN2O3. The van der Waals surface area contributed by atoms with Crippen molar-refractivity contribution in [1.82, 2.24) is 9.55 Å². The Hall–Kier alpha value is -1.76. The van der Waals surface area contributed by atoms with Crippen LogP contribution in [0.1, 0.15) is 6.92 Å². The summed E-state index contributed by atoms with van der Waals surface area (Å²) in [5.74, 6) is -2.47. The molecule has 1 heterocycles. The summed E-state index contributed by atoms with van der Waals surface area (Å²) in [6, 6.07) is 2.99. The normalized spacial score (nSPS) is 12.6. The van der Waals surface area contributed by atoms with Crippen LogP contribution in [0.2, 0.25) is 0 Å². The number of rotatable bonds is 3. The number of carboxylic acid groups (broad SMARTS) is 1. The second kappa shape index (κ2) is 5.08. The number of aliphatic carboxylic acids is 1. The van der Waals surface area contributed by atoms with Crippen molar-refractivity contribution < 1.29 is 14.3 Å². The third-order valence-electron chi connectivity index (χ3n) is 2.78. The number of halogens is 2.